The fourth-order valence-electron chi connectivity index (χ4n) is 2.51. The standard InChI is InChI=1S/C18H18N2O/c21-18(17-13-16(17)15-9-5-2-6-10-15)20-19-12-11-14-7-3-1-4-8-14/h1-10,12,16-17H,11,13H2,(H,20,21)/b19-12+. The van der Waals surface area contributed by atoms with Crippen LogP contribution in [-0.4, -0.2) is 12.1 Å². The first-order valence-electron chi connectivity index (χ1n) is 7.25. The van der Waals surface area contributed by atoms with Gasteiger partial charge in [-0.15, -0.1) is 0 Å². The van der Waals surface area contributed by atoms with Gasteiger partial charge in [0.1, 0.15) is 0 Å². The quantitative estimate of drug-likeness (QED) is 0.662. The highest BCUT2D eigenvalue weighted by molar-refractivity contribution is 5.83. The number of nitrogens with one attached hydrogen (secondary N) is 1. The van der Waals surface area contributed by atoms with Crippen LogP contribution in [0.25, 0.3) is 0 Å². The summed E-state index contributed by atoms with van der Waals surface area (Å²) in [6.45, 7) is 0. The molecule has 1 aliphatic carbocycles. The molecule has 2 unspecified atom stereocenters. The second-order valence-electron chi connectivity index (χ2n) is 5.34. The van der Waals surface area contributed by atoms with Crippen molar-refractivity contribution < 1.29 is 4.79 Å². The minimum absolute atomic E-state index is 0.0214. The van der Waals surface area contributed by atoms with Gasteiger partial charge in [0.25, 0.3) is 0 Å². The molecule has 106 valence electrons. The van der Waals surface area contributed by atoms with Gasteiger partial charge in [0, 0.05) is 18.6 Å². The maximum atomic E-state index is 12.0. The lowest BCUT2D eigenvalue weighted by Gasteiger charge is -2.00. The van der Waals surface area contributed by atoms with E-state index in [1.807, 2.05) is 48.5 Å². The molecule has 2 atom stereocenters. The predicted octanol–water partition coefficient (Wildman–Crippen LogP) is 3.13. The molecule has 0 spiro atoms. The number of amides is 1. The van der Waals surface area contributed by atoms with Crippen molar-refractivity contribution in [3.05, 3.63) is 71.8 Å². The number of rotatable bonds is 5. The van der Waals surface area contributed by atoms with E-state index in [-0.39, 0.29) is 11.8 Å². The Labute approximate surface area is 124 Å². The molecule has 21 heavy (non-hydrogen) atoms. The van der Waals surface area contributed by atoms with Crippen LogP contribution in [-0.2, 0) is 11.2 Å². The number of carbonyl (C=O) groups is 1. The van der Waals surface area contributed by atoms with E-state index in [0.29, 0.717) is 5.92 Å². The van der Waals surface area contributed by atoms with Crippen molar-refractivity contribution in [2.24, 2.45) is 11.0 Å². The molecule has 0 radical (unpaired) electrons. The van der Waals surface area contributed by atoms with Gasteiger partial charge in [-0.1, -0.05) is 60.7 Å². The average molecular weight is 278 g/mol. The van der Waals surface area contributed by atoms with Crippen molar-refractivity contribution in [3.63, 3.8) is 0 Å². The molecule has 0 aromatic heterocycles. The summed E-state index contributed by atoms with van der Waals surface area (Å²) < 4.78 is 0. The van der Waals surface area contributed by atoms with Crippen LogP contribution in [0.2, 0.25) is 0 Å². The summed E-state index contributed by atoms with van der Waals surface area (Å²) in [7, 11) is 0. The van der Waals surface area contributed by atoms with Crippen LogP contribution in [0.4, 0.5) is 0 Å². The number of carbonyl (C=O) groups excluding carboxylic acids is 1. The van der Waals surface area contributed by atoms with E-state index in [9.17, 15) is 4.79 Å². The molecular weight excluding hydrogens is 260 g/mol. The Bertz CT molecular complexity index is 622. The van der Waals surface area contributed by atoms with Gasteiger partial charge in [-0.3, -0.25) is 4.79 Å². The van der Waals surface area contributed by atoms with E-state index >= 15 is 0 Å². The average Bonchev–Trinajstić information content (AvgIpc) is 3.34. The fraction of sp³-hybridized carbons (Fsp3) is 0.222. The smallest absolute Gasteiger partial charge is 0.243 e. The molecule has 3 rings (SSSR count). The Morgan fingerprint density at radius 3 is 2.48 bits per heavy atom. The zero-order valence-electron chi connectivity index (χ0n) is 11.8. The largest absolute Gasteiger partial charge is 0.273 e. The lowest BCUT2D eigenvalue weighted by atomic mass is 10.1. The number of hydrogen-bond donors (Lipinski definition) is 1. The van der Waals surface area contributed by atoms with E-state index in [1.165, 1.54) is 11.1 Å². The highest BCUT2D eigenvalue weighted by atomic mass is 16.2. The zero-order chi connectivity index (χ0) is 14.5. The van der Waals surface area contributed by atoms with Gasteiger partial charge in [0.05, 0.1) is 0 Å². The fourth-order valence-corrected chi connectivity index (χ4v) is 2.51. The summed E-state index contributed by atoms with van der Waals surface area (Å²) in [6, 6.07) is 20.2. The van der Waals surface area contributed by atoms with Gasteiger partial charge >= 0.3 is 0 Å². The van der Waals surface area contributed by atoms with Crippen molar-refractivity contribution in [3.8, 4) is 0 Å². The van der Waals surface area contributed by atoms with Gasteiger partial charge in [-0.2, -0.15) is 5.10 Å². The Morgan fingerprint density at radius 2 is 1.76 bits per heavy atom. The van der Waals surface area contributed by atoms with E-state index < -0.39 is 0 Å². The maximum Gasteiger partial charge on any atom is 0.243 e. The van der Waals surface area contributed by atoms with Gasteiger partial charge < -0.3 is 0 Å². The zero-order valence-corrected chi connectivity index (χ0v) is 11.8. The minimum Gasteiger partial charge on any atom is -0.273 e. The molecule has 2 aromatic rings. The lowest BCUT2D eigenvalue weighted by Crippen LogP contribution is -2.20. The first kappa shape index (κ1) is 13.6. The van der Waals surface area contributed by atoms with E-state index in [4.69, 9.17) is 0 Å². The maximum absolute atomic E-state index is 12.0. The number of hydrazone groups is 1. The molecular formula is C18H18N2O. The molecule has 2 aromatic carbocycles. The van der Waals surface area contributed by atoms with Crippen LogP contribution in [0.15, 0.2) is 65.8 Å². The van der Waals surface area contributed by atoms with Crippen molar-refractivity contribution in [1.82, 2.24) is 5.43 Å². The van der Waals surface area contributed by atoms with E-state index in [0.717, 1.165) is 12.8 Å². The summed E-state index contributed by atoms with van der Waals surface area (Å²) in [5.41, 5.74) is 5.07. The third-order valence-corrected chi connectivity index (χ3v) is 3.79. The molecule has 1 N–H and O–H groups in total. The first-order valence-corrected chi connectivity index (χ1v) is 7.25. The number of benzene rings is 2. The van der Waals surface area contributed by atoms with Crippen molar-refractivity contribution >= 4 is 12.1 Å². The summed E-state index contributed by atoms with van der Waals surface area (Å²) >= 11 is 0. The normalized spacial score (nSPS) is 20.4. The van der Waals surface area contributed by atoms with Crippen molar-refractivity contribution in [2.75, 3.05) is 0 Å². The monoisotopic (exact) mass is 278 g/mol. The number of hydrogen-bond acceptors (Lipinski definition) is 2. The predicted molar refractivity (Wildman–Crippen MR) is 84.1 cm³/mol. The highest BCUT2D eigenvalue weighted by Crippen LogP contribution is 2.47. The second kappa shape index (κ2) is 6.35. The summed E-state index contributed by atoms with van der Waals surface area (Å²) in [5, 5.41) is 4.03. The highest BCUT2D eigenvalue weighted by Gasteiger charge is 2.43. The molecule has 1 amide bonds. The van der Waals surface area contributed by atoms with Crippen LogP contribution in [0.3, 0.4) is 0 Å². The van der Waals surface area contributed by atoms with Gasteiger partial charge in [0.15, 0.2) is 0 Å². The van der Waals surface area contributed by atoms with Crippen LogP contribution in [0, 0.1) is 5.92 Å². The van der Waals surface area contributed by atoms with Gasteiger partial charge in [-0.25, -0.2) is 5.43 Å². The molecule has 3 nitrogen and oxygen atoms in total. The van der Waals surface area contributed by atoms with Crippen molar-refractivity contribution in [1.29, 1.82) is 0 Å². The molecule has 1 aliphatic rings. The molecule has 0 bridgehead atoms. The molecule has 0 heterocycles. The Kier molecular flexibility index (Phi) is 4.10. The third kappa shape index (κ3) is 3.57. The molecule has 3 heteroatoms. The topological polar surface area (TPSA) is 41.5 Å². The lowest BCUT2D eigenvalue weighted by molar-refractivity contribution is -0.122. The van der Waals surface area contributed by atoms with Crippen LogP contribution < -0.4 is 5.43 Å². The Hall–Kier alpha value is -2.42. The van der Waals surface area contributed by atoms with Crippen LogP contribution >= 0.6 is 0 Å². The first-order chi connectivity index (χ1) is 10.3. The number of nitrogens with zero attached hydrogens (tertiary/aromatic N) is 1. The molecule has 0 saturated heterocycles. The SMILES string of the molecule is O=C(N/N=C/Cc1ccccc1)C1CC1c1ccccc1. The Balaban J connectivity index is 1.46. The second-order valence-corrected chi connectivity index (χ2v) is 5.34. The Morgan fingerprint density at radius 1 is 1.10 bits per heavy atom. The summed E-state index contributed by atoms with van der Waals surface area (Å²) in [6.07, 6.45) is 3.39. The van der Waals surface area contributed by atoms with Crippen molar-refractivity contribution in [2.45, 2.75) is 18.8 Å². The third-order valence-electron chi connectivity index (χ3n) is 3.79. The van der Waals surface area contributed by atoms with Crippen LogP contribution in [0.1, 0.15) is 23.5 Å². The molecule has 1 fully saturated rings. The summed E-state index contributed by atoms with van der Waals surface area (Å²) in [4.78, 5) is 12.0. The summed E-state index contributed by atoms with van der Waals surface area (Å²) in [5.74, 6) is 0.449. The van der Waals surface area contributed by atoms with Gasteiger partial charge in [0.2, 0.25) is 5.91 Å². The minimum atomic E-state index is 0.0214. The molecule has 1 saturated carbocycles. The van der Waals surface area contributed by atoms with Gasteiger partial charge in [-0.05, 0) is 23.5 Å². The molecule has 0 aliphatic heterocycles. The van der Waals surface area contributed by atoms with E-state index in [1.54, 1.807) is 6.21 Å². The van der Waals surface area contributed by atoms with E-state index in [2.05, 4.69) is 22.7 Å². The van der Waals surface area contributed by atoms with Crippen LogP contribution in [0.5, 0.6) is 0 Å².